The summed E-state index contributed by atoms with van der Waals surface area (Å²) < 4.78 is 5.69. The monoisotopic (exact) mass is 227 g/mol. The molecule has 1 aromatic carbocycles. The van der Waals surface area contributed by atoms with E-state index in [0.29, 0.717) is 0 Å². The standard InChI is InChI=1S/C12H18ClNO/c1-3-8-14-9-10(2)15-12-6-4-11(13)5-7-12/h4-7,10,14H,3,8-9H2,1-2H3. The highest BCUT2D eigenvalue weighted by molar-refractivity contribution is 6.30. The fraction of sp³-hybridized carbons (Fsp3) is 0.500. The second-order valence-electron chi connectivity index (χ2n) is 3.59. The third-order valence-electron chi connectivity index (χ3n) is 2.01. The molecule has 1 aromatic rings. The van der Waals surface area contributed by atoms with Crippen molar-refractivity contribution in [2.24, 2.45) is 0 Å². The summed E-state index contributed by atoms with van der Waals surface area (Å²) in [5.74, 6) is 0.866. The van der Waals surface area contributed by atoms with Crippen LogP contribution in [0.25, 0.3) is 0 Å². The summed E-state index contributed by atoms with van der Waals surface area (Å²) in [5, 5.41) is 4.05. The molecule has 0 aliphatic carbocycles. The molecule has 1 unspecified atom stereocenters. The molecule has 0 aliphatic rings. The first-order valence-electron chi connectivity index (χ1n) is 5.35. The highest BCUT2D eigenvalue weighted by Gasteiger charge is 2.02. The molecule has 1 atom stereocenters. The van der Waals surface area contributed by atoms with Crippen LogP contribution in [0.1, 0.15) is 20.3 Å². The maximum Gasteiger partial charge on any atom is 0.119 e. The van der Waals surface area contributed by atoms with Gasteiger partial charge in [-0.05, 0) is 44.2 Å². The lowest BCUT2D eigenvalue weighted by molar-refractivity contribution is 0.217. The Bertz CT molecular complexity index is 273. The lowest BCUT2D eigenvalue weighted by Crippen LogP contribution is -2.29. The van der Waals surface area contributed by atoms with Gasteiger partial charge in [0.25, 0.3) is 0 Å². The van der Waals surface area contributed by atoms with Crippen molar-refractivity contribution in [2.75, 3.05) is 13.1 Å². The highest BCUT2D eigenvalue weighted by atomic mass is 35.5. The van der Waals surface area contributed by atoms with Gasteiger partial charge in [0, 0.05) is 11.6 Å². The van der Waals surface area contributed by atoms with E-state index in [9.17, 15) is 0 Å². The van der Waals surface area contributed by atoms with Crippen molar-refractivity contribution < 1.29 is 4.74 Å². The van der Waals surface area contributed by atoms with Crippen LogP contribution in [0.3, 0.4) is 0 Å². The van der Waals surface area contributed by atoms with Crippen molar-refractivity contribution >= 4 is 11.6 Å². The Morgan fingerprint density at radius 1 is 1.33 bits per heavy atom. The van der Waals surface area contributed by atoms with E-state index in [2.05, 4.69) is 19.2 Å². The number of halogens is 1. The van der Waals surface area contributed by atoms with E-state index in [4.69, 9.17) is 16.3 Å². The number of rotatable bonds is 6. The molecule has 0 saturated carbocycles. The highest BCUT2D eigenvalue weighted by Crippen LogP contribution is 2.16. The second-order valence-corrected chi connectivity index (χ2v) is 4.02. The molecule has 0 radical (unpaired) electrons. The van der Waals surface area contributed by atoms with Gasteiger partial charge in [-0.25, -0.2) is 0 Å². The van der Waals surface area contributed by atoms with Crippen LogP contribution >= 0.6 is 11.6 Å². The van der Waals surface area contributed by atoms with Crippen LogP contribution in [-0.2, 0) is 0 Å². The number of hydrogen-bond donors (Lipinski definition) is 1. The van der Waals surface area contributed by atoms with E-state index in [1.54, 1.807) is 0 Å². The van der Waals surface area contributed by atoms with Crippen molar-refractivity contribution in [1.29, 1.82) is 0 Å². The van der Waals surface area contributed by atoms with Crippen LogP contribution in [0, 0.1) is 0 Å². The first kappa shape index (κ1) is 12.3. The predicted molar refractivity (Wildman–Crippen MR) is 64.7 cm³/mol. The second kappa shape index (κ2) is 6.70. The molecule has 0 fully saturated rings. The number of ether oxygens (including phenoxy) is 1. The number of benzene rings is 1. The summed E-state index contributed by atoms with van der Waals surface area (Å²) >= 11 is 5.78. The van der Waals surface area contributed by atoms with E-state index in [-0.39, 0.29) is 6.10 Å². The largest absolute Gasteiger partial charge is 0.489 e. The summed E-state index contributed by atoms with van der Waals surface area (Å²) in [5.41, 5.74) is 0. The molecule has 3 heteroatoms. The Labute approximate surface area is 96.6 Å². The molecular weight excluding hydrogens is 210 g/mol. The van der Waals surface area contributed by atoms with Gasteiger partial charge < -0.3 is 10.1 Å². The minimum absolute atomic E-state index is 0.178. The maximum atomic E-state index is 5.78. The topological polar surface area (TPSA) is 21.3 Å². The van der Waals surface area contributed by atoms with E-state index < -0.39 is 0 Å². The Morgan fingerprint density at radius 3 is 2.60 bits per heavy atom. The number of nitrogens with one attached hydrogen (secondary N) is 1. The van der Waals surface area contributed by atoms with Crippen LogP contribution < -0.4 is 10.1 Å². The third-order valence-corrected chi connectivity index (χ3v) is 2.26. The zero-order valence-electron chi connectivity index (χ0n) is 9.29. The van der Waals surface area contributed by atoms with Crippen LogP contribution in [0.15, 0.2) is 24.3 Å². The van der Waals surface area contributed by atoms with E-state index in [1.807, 2.05) is 24.3 Å². The van der Waals surface area contributed by atoms with Crippen molar-refractivity contribution in [1.82, 2.24) is 5.32 Å². The first-order chi connectivity index (χ1) is 7.22. The first-order valence-corrected chi connectivity index (χ1v) is 5.73. The SMILES string of the molecule is CCCNCC(C)Oc1ccc(Cl)cc1. The van der Waals surface area contributed by atoms with Gasteiger partial charge in [-0.2, -0.15) is 0 Å². The lowest BCUT2D eigenvalue weighted by Gasteiger charge is -2.15. The normalized spacial score (nSPS) is 12.5. The van der Waals surface area contributed by atoms with Gasteiger partial charge in [-0.3, -0.25) is 0 Å². The quantitative estimate of drug-likeness (QED) is 0.755. The predicted octanol–water partition coefficient (Wildman–Crippen LogP) is 3.11. The lowest BCUT2D eigenvalue weighted by atomic mass is 10.3. The third kappa shape index (κ3) is 5.05. The van der Waals surface area contributed by atoms with E-state index in [0.717, 1.165) is 30.3 Å². The summed E-state index contributed by atoms with van der Waals surface area (Å²) in [7, 11) is 0. The van der Waals surface area contributed by atoms with Crippen molar-refractivity contribution in [2.45, 2.75) is 26.4 Å². The number of hydrogen-bond acceptors (Lipinski definition) is 2. The van der Waals surface area contributed by atoms with Crippen LogP contribution in [0.2, 0.25) is 5.02 Å². The summed E-state index contributed by atoms with van der Waals surface area (Å²) in [6.45, 7) is 6.11. The minimum Gasteiger partial charge on any atom is -0.489 e. The summed E-state index contributed by atoms with van der Waals surface area (Å²) in [6.07, 6.45) is 1.32. The van der Waals surface area contributed by atoms with Crippen LogP contribution in [-0.4, -0.2) is 19.2 Å². The average Bonchev–Trinajstić information content (AvgIpc) is 2.22. The molecule has 0 heterocycles. The van der Waals surface area contributed by atoms with Gasteiger partial charge >= 0.3 is 0 Å². The summed E-state index contributed by atoms with van der Waals surface area (Å²) in [4.78, 5) is 0. The molecule has 1 N–H and O–H groups in total. The minimum atomic E-state index is 0.178. The molecule has 2 nitrogen and oxygen atoms in total. The van der Waals surface area contributed by atoms with Crippen molar-refractivity contribution in [3.63, 3.8) is 0 Å². The van der Waals surface area contributed by atoms with E-state index >= 15 is 0 Å². The average molecular weight is 228 g/mol. The molecular formula is C12H18ClNO. The molecule has 0 aliphatic heterocycles. The smallest absolute Gasteiger partial charge is 0.119 e. The Balaban J connectivity index is 2.31. The van der Waals surface area contributed by atoms with Gasteiger partial charge in [0.1, 0.15) is 11.9 Å². The zero-order valence-corrected chi connectivity index (χ0v) is 10.1. The van der Waals surface area contributed by atoms with Gasteiger partial charge in [0.2, 0.25) is 0 Å². The van der Waals surface area contributed by atoms with Gasteiger partial charge in [-0.1, -0.05) is 18.5 Å². The Hall–Kier alpha value is -0.730. The molecule has 1 rings (SSSR count). The van der Waals surface area contributed by atoms with Crippen LogP contribution in [0.4, 0.5) is 0 Å². The van der Waals surface area contributed by atoms with Gasteiger partial charge in [0.15, 0.2) is 0 Å². The summed E-state index contributed by atoms with van der Waals surface area (Å²) in [6, 6.07) is 7.45. The van der Waals surface area contributed by atoms with E-state index in [1.165, 1.54) is 0 Å². The Kier molecular flexibility index (Phi) is 5.51. The fourth-order valence-corrected chi connectivity index (χ4v) is 1.40. The fourth-order valence-electron chi connectivity index (χ4n) is 1.27. The molecule has 0 spiro atoms. The molecule has 15 heavy (non-hydrogen) atoms. The zero-order chi connectivity index (χ0) is 11.1. The van der Waals surface area contributed by atoms with Crippen molar-refractivity contribution in [3.8, 4) is 5.75 Å². The maximum absolute atomic E-state index is 5.78. The molecule has 84 valence electrons. The van der Waals surface area contributed by atoms with Gasteiger partial charge in [0.05, 0.1) is 0 Å². The van der Waals surface area contributed by atoms with Gasteiger partial charge in [-0.15, -0.1) is 0 Å². The molecule has 0 saturated heterocycles. The molecule has 0 amide bonds. The van der Waals surface area contributed by atoms with Crippen molar-refractivity contribution in [3.05, 3.63) is 29.3 Å². The van der Waals surface area contributed by atoms with Crippen LogP contribution in [0.5, 0.6) is 5.75 Å². The Morgan fingerprint density at radius 2 is 2.00 bits per heavy atom. The molecule has 0 bridgehead atoms. The molecule has 0 aromatic heterocycles.